The topological polar surface area (TPSA) is 72.6 Å². The van der Waals surface area contributed by atoms with Gasteiger partial charge in [-0.25, -0.2) is 0 Å². The first-order valence-corrected chi connectivity index (χ1v) is 3.60. The van der Waals surface area contributed by atoms with Crippen LogP contribution in [0.5, 0.6) is 0 Å². The Kier molecular flexibility index (Phi) is 2.15. The molecule has 1 atom stereocenters. The molecule has 11 heavy (non-hydrogen) atoms. The Morgan fingerprint density at radius 2 is 2.36 bits per heavy atom. The van der Waals surface area contributed by atoms with Gasteiger partial charge in [0.15, 0.2) is 0 Å². The largest absolute Gasteiger partial charge is 0.480 e. The van der Waals surface area contributed by atoms with E-state index in [1.807, 2.05) is 6.92 Å². The van der Waals surface area contributed by atoms with Crippen LogP contribution >= 0.6 is 0 Å². The van der Waals surface area contributed by atoms with Crippen LogP contribution in [0.4, 0.5) is 0 Å². The van der Waals surface area contributed by atoms with Gasteiger partial charge in [0.1, 0.15) is 6.04 Å². The minimum Gasteiger partial charge on any atom is -0.480 e. The average molecular weight is 159 g/mol. The van der Waals surface area contributed by atoms with Crippen LogP contribution < -0.4 is 5.73 Å². The number of hydrogen-bond donors (Lipinski definition) is 2. The van der Waals surface area contributed by atoms with E-state index < -0.39 is 12.0 Å². The molecule has 0 radical (unpaired) electrons. The smallest absolute Gasteiger partial charge is 0.320 e. The molecule has 1 aliphatic heterocycles. The molecule has 4 heteroatoms. The number of nitrogens with two attached hydrogens (primary N) is 1. The van der Waals surface area contributed by atoms with Crippen LogP contribution in [0.1, 0.15) is 13.3 Å². The highest BCUT2D eigenvalue weighted by Crippen LogP contribution is 2.31. The Morgan fingerprint density at radius 3 is 2.64 bits per heavy atom. The van der Waals surface area contributed by atoms with E-state index in [2.05, 4.69) is 0 Å². The predicted octanol–water partition coefficient (Wildman–Crippen LogP) is -0.175. The van der Waals surface area contributed by atoms with Crippen molar-refractivity contribution in [1.82, 2.24) is 0 Å². The monoisotopic (exact) mass is 159 g/mol. The van der Waals surface area contributed by atoms with E-state index in [0.29, 0.717) is 19.6 Å². The lowest BCUT2D eigenvalue weighted by Gasteiger charge is -2.38. The lowest BCUT2D eigenvalue weighted by molar-refractivity contribution is -0.144. The van der Waals surface area contributed by atoms with Gasteiger partial charge in [-0.3, -0.25) is 4.79 Å². The second kappa shape index (κ2) is 2.79. The first-order chi connectivity index (χ1) is 5.03. The molecule has 0 saturated carbocycles. The lowest BCUT2D eigenvalue weighted by Crippen LogP contribution is -2.46. The Morgan fingerprint density at radius 1 is 1.82 bits per heavy atom. The van der Waals surface area contributed by atoms with Crippen molar-refractivity contribution < 1.29 is 14.6 Å². The summed E-state index contributed by atoms with van der Waals surface area (Å²) in [5, 5.41) is 8.50. The Balaban J connectivity index is 2.35. The molecule has 0 amide bonds. The maximum Gasteiger partial charge on any atom is 0.320 e. The van der Waals surface area contributed by atoms with Crippen molar-refractivity contribution in [2.45, 2.75) is 19.4 Å². The quantitative estimate of drug-likeness (QED) is 0.599. The van der Waals surface area contributed by atoms with Crippen molar-refractivity contribution in [1.29, 1.82) is 0 Å². The van der Waals surface area contributed by atoms with E-state index in [1.54, 1.807) is 0 Å². The molecule has 1 rings (SSSR count). The molecule has 0 aliphatic carbocycles. The van der Waals surface area contributed by atoms with Crippen LogP contribution in [0.25, 0.3) is 0 Å². The van der Waals surface area contributed by atoms with Gasteiger partial charge in [0.05, 0.1) is 13.2 Å². The fourth-order valence-corrected chi connectivity index (χ4v) is 1.19. The number of aliphatic carboxylic acids is 1. The van der Waals surface area contributed by atoms with Crippen LogP contribution in [0.2, 0.25) is 0 Å². The van der Waals surface area contributed by atoms with Crippen LogP contribution in [-0.4, -0.2) is 30.3 Å². The third-order valence-corrected chi connectivity index (χ3v) is 1.93. The van der Waals surface area contributed by atoms with Gasteiger partial charge in [0.25, 0.3) is 0 Å². The van der Waals surface area contributed by atoms with E-state index in [0.717, 1.165) is 0 Å². The SMILES string of the molecule is CC1(C[C@@H](N)C(=O)O)COC1. The summed E-state index contributed by atoms with van der Waals surface area (Å²) in [6.45, 7) is 3.25. The second-order valence-corrected chi connectivity index (χ2v) is 3.45. The molecule has 0 bridgehead atoms. The molecule has 0 aromatic carbocycles. The molecular weight excluding hydrogens is 146 g/mol. The Bertz CT molecular complexity index is 165. The number of hydrogen-bond acceptors (Lipinski definition) is 3. The summed E-state index contributed by atoms with van der Waals surface area (Å²) in [6, 6.07) is -0.746. The van der Waals surface area contributed by atoms with Crippen molar-refractivity contribution in [3.05, 3.63) is 0 Å². The molecule has 0 spiro atoms. The molecule has 4 nitrogen and oxygen atoms in total. The molecule has 0 unspecified atom stereocenters. The summed E-state index contributed by atoms with van der Waals surface area (Å²) in [7, 11) is 0. The molecule has 1 saturated heterocycles. The van der Waals surface area contributed by atoms with E-state index in [4.69, 9.17) is 15.6 Å². The molecule has 1 fully saturated rings. The summed E-state index contributed by atoms with van der Waals surface area (Å²) in [6.07, 6.45) is 0.502. The first kappa shape index (κ1) is 8.49. The molecule has 1 aliphatic rings. The molecule has 3 N–H and O–H groups in total. The average Bonchev–Trinajstić information content (AvgIpc) is 1.84. The molecule has 0 aromatic heterocycles. The number of rotatable bonds is 3. The minimum atomic E-state index is -0.932. The Labute approximate surface area is 65.3 Å². The predicted molar refractivity (Wildman–Crippen MR) is 39.2 cm³/mol. The minimum absolute atomic E-state index is 0.00218. The number of carboxylic acids is 1. The zero-order valence-corrected chi connectivity index (χ0v) is 6.54. The van der Waals surface area contributed by atoms with Gasteiger partial charge >= 0.3 is 5.97 Å². The number of carbonyl (C=O) groups is 1. The van der Waals surface area contributed by atoms with Crippen molar-refractivity contribution >= 4 is 5.97 Å². The standard InChI is InChI=1S/C7H13NO3/c1-7(3-11-4-7)2-5(8)6(9)10/h5H,2-4,8H2,1H3,(H,9,10)/t5-/m1/s1. The highest BCUT2D eigenvalue weighted by atomic mass is 16.5. The first-order valence-electron chi connectivity index (χ1n) is 3.60. The summed E-state index contributed by atoms with van der Waals surface area (Å²) in [5.41, 5.74) is 5.35. The fourth-order valence-electron chi connectivity index (χ4n) is 1.19. The third kappa shape index (κ3) is 1.91. The zero-order valence-electron chi connectivity index (χ0n) is 6.54. The summed E-state index contributed by atoms with van der Waals surface area (Å²) >= 11 is 0. The van der Waals surface area contributed by atoms with E-state index in [1.165, 1.54) is 0 Å². The van der Waals surface area contributed by atoms with Crippen molar-refractivity contribution in [3.63, 3.8) is 0 Å². The van der Waals surface area contributed by atoms with Gasteiger partial charge in [-0.05, 0) is 6.42 Å². The van der Waals surface area contributed by atoms with Gasteiger partial charge in [-0.2, -0.15) is 0 Å². The molecule has 1 heterocycles. The van der Waals surface area contributed by atoms with Gasteiger partial charge in [-0.1, -0.05) is 6.92 Å². The maximum absolute atomic E-state index is 10.4. The van der Waals surface area contributed by atoms with Gasteiger partial charge in [0.2, 0.25) is 0 Å². The molecule has 64 valence electrons. The normalized spacial score (nSPS) is 23.8. The number of ether oxygens (including phenoxy) is 1. The summed E-state index contributed by atoms with van der Waals surface area (Å²) in [5.74, 6) is -0.932. The lowest BCUT2D eigenvalue weighted by atomic mass is 9.82. The second-order valence-electron chi connectivity index (χ2n) is 3.45. The van der Waals surface area contributed by atoms with Gasteiger partial charge in [-0.15, -0.1) is 0 Å². The van der Waals surface area contributed by atoms with Crippen LogP contribution in [0, 0.1) is 5.41 Å². The highest BCUT2D eigenvalue weighted by Gasteiger charge is 2.36. The van der Waals surface area contributed by atoms with Crippen LogP contribution in [0.15, 0.2) is 0 Å². The van der Waals surface area contributed by atoms with E-state index in [9.17, 15) is 4.79 Å². The highest BCUT2D eigenvalue weighted by molar-refractivity contribution is 5.73. The van der Waals surface area contributed by atoms with Crippen molar-refractivity contribution in [2.75, 3.05) is 13.2 Å². The number of carboxylic acid groups (broad SMARTS) is 1. The van der Waals surface area contributed by atoms with Gasteiger partial charge < -0.3 is 15.6 Å². The van der Waals surface area contributed by atoms with Gasteiger partial charge in [0, 0.05) is 5.41 Å². The fraction of sp³-hybridized carbons (Fsp3) is 0.857. The summed E-state index contributed by atoms with van der Waals surface area (Å²) < 4.78 is 4.97. The Hall–Kier alpha value is -0.610. The third-order valence-electron chi connectivity index (χ3n) is 1.93. The van der Waals surface area contributed by atoms with Crippen LogP contribution in [0.3, 0.4) is 0 Å². The molecular formula is C7H13NO3. The van der Waals surface area contributed by atoms with Crippen LogP contribution in [-0.2, 0) is 9.53 Å². The zero-order chi connectivity index (χ0) is 8.48. The maximum atomic E-state index is 10.4. The van der Waals surface area contributed by atoms with Crippen molar-refractivity contribution in [2.24, 2.45) is 11.1 Å². The molecule has 0 aromatic rings. The summed E-state index contributed by atoms with van der Waals surface area (Å²) in [4.78, 5) is 10.4. The van der Waals surface area contributed by atoms with E-state index >= 15 is 0 Å². The van der Waals surface area contributed by atoms with E-state index in [-0.39, 0.29) is 5.41 Å². The van der Waals surface area contributed by atoms with Crippen molar-refractivity contribution in [3.8, 4) is 0 Å².